The molecular formula is C15H22O. The van der Waals surface area contributed by atoms with Gasteiger partial charge in [-0.15, -0.1) is 0 Å². The van der Waals surface area contributed by atoms with Gasteiger partial charge in [0.25, 0.3) is 0 Å². The first kappa shape index (κ1) is 11.7. The molecule has 0 saturated heterocycles. The highest BCUT2D eigenvalue weighted by Gasteiger charge is 2.11. The summed E-state index contributed by atoms with van der Waals surface area (Å²) in [5, 5.41) is 0. The topological polar surface area (TPSA) is 9.23 Å². The lowest BCUT2D eigenvalue weighted by Crippen LogP contribution is -2.14. The van der Waals surface area contributed by atoms with Crippen LogP contribution in [-0.2, 0) is 11.3 Å². The summed E-state index contributed by atoms with van der Waals surface area (Å²) in [5.74, 6) is 0. The first-order chi connectivity index (χ1) is 7.95. The predicted molar refractivity (Wildman–Crippen MR) is 67.3 cm³/mol. The monoisotopic (exact) mass is 218 g/mol. The van der Waals surface area contributed by atoms with Gasteiger partial charge >= 0.3 is 0 Å². The molecule has 0 radical (unpaired) electrons. The highest BCUT2D eigenvalue weighted by Crippen LogP contribution is 2.20. The van der Waals surface area contributed by atoms with E-state index in [1.807, 2.05) is 0 Å². The molecule has 1 nitrogen and oxygen atoms in total. The second-order valence-corrected chi connectivity index (χ2v) is 4.76. The number of hydrogen-bond donors (Lipinski definition) is 0. The second kappa shape index (κ2) is 6.70. The lowest BCUT2D eigenvalue weighted by Gasteiger charge is -2.20. The van der Waals surface area contributed by atoms with E-state index in [4.69, 9.17) is 4.74 Å². The maximum atomic E-state index is 6.00. The van der Waals surface area contributed by atoms with Crippen molar-refractivity contribution in [2.75, 3.05) is 0 Å². The van der Waals surface area contributed by atoms with Crippen LogP contribution in [0, 0.1) is 0 Å². The van der Waals surface area contributed by atoms with Gasteiger partial charge in [-0.1, -0.05) is 62.4 Å². The van der Waals surface area contributed by atoms with Crippen molar-refractivity contribution in [3.8, 4) is 0 Å². The van der Waals surface area contributed by atoms with Gasteiger partial charge in [0.2, 0.25) is 0 Å². The zero-order valence-corrected chi connectivity index (χ0v) is 10.0. The number of benzene rings is 1. The van der Waals surface area contributed by atoms with Crippen LogP contribution >= 0.6 is 0 Å². The molecule has 88 valence electrons. The van der Waals surface area contributed by atoms with Crippen LogP contribution in [0.5, 0.6) is 0 Å². The van der Waals surface area contributed by atoms with Crippen molar-refractivity contribution < 1.29 is 4.74 Å². The average Bonchev–Trinajstić information content (AvgIpc) is 2.29. The van der Waals surface area contributed by atoms with E-state index in [1.165, 1.54) is 50.5 Å². The molecule has 0 heterocycles. The van der Waals surface area contributed by atoms with Gasteiger partial charge < -0.3 is 4.74 Å². The van der Waals surface area contributed by atoms with Crippen molar-refractivity contribution >= 4 is 0 Å². The van der Waals surface area contributed by atoms with E-state index >= 15 is 0 Å². The van der Waals surface area contributed by atoms with Crippen LogP contribution in [0.4, 0.5) is 0 Å². The molecule has 0 unspecified atom stereocenters. The summed E-state index contributed by atoms with van der Waals surface area (Å²) in [6.45, 7) is 0.783. The van der Waals surface area contributed by atoms with Crippen molar-refractivity contribution in [2.24, 2.45) is 0 Å². The summed E-state index contributed by atoms with van der Waals surface area (Å²) < 4.78 is 6.00. The first-order valence-corrected chi connectivity index (χ1v) is 6.61. The van der Waals surface area contributed by atoms with Gasteiger partial charge in [-0.2, -0.15) is 0 Å². The molecule has 0 amide bonds. The van der Waals surface area contributed by atoms with Crippen LogP contribution in [0.1, 0.15) is 50.5 Å². The van der Waals surface area contributed by atoms with Gasteiger partial charge in [-0.25, -0.2) is 0 Å². The Kier molecular flexibility index (Phi) is 4.88. The van der Waals surface area contributed by atoms with Gasteiger partial charge in [0, 0.05) is 0 Å². The third-order valence-corrected chi connectivity index (χ3v) is 3.38. The summed E-state index contributed by atoms with van der Waals surface area (Å²) in [6.07, 6.45) is 9.92. The molecule has 1 fully saturated rings. The minimum Gasteiger partial charge on any atom is -0.374 e. The van der Waals surface area contributed by atoms with Gasteiger partial charge in [0.1, 0.15) is 0 Å². The van der Waals surface area contributed by atoms with E-state index in [2.05, 4.69) is 30.3 Å². The van der Waals surface area contributed by atoms with Crippen LogP contribution in [0.25, 0.3) is 0 Å². The van der Waals surface area contributed by atoms with Crippen LogP contribution < -0.4 is 0 Å². The molecular weight excluding hydrogens is 196 g/mol. The second-order valence-electron chi connectivity index (χ2n) is 4.76. The lowest BCUT2D eigenvalue weighted by atomic mass is 9.98. The van der Waals surface area contributed by atoms with E-state index in [1.54, 1.807) is 0 Å². The summed E-state index contributed by atoms with van der Waals surface area (Å²) in [5.41, 5.74) is 1.30. The summed E-state index contributed by atoms with van der Waals surface area (Å²) in [4.78, 5) is 0. The van der Waals surface area contributed by atoms with E-state index in [9.17, 15) is 0 Å². The largest absolute Gasteiger partial charge is 0.374 e. The maximum Gasteiger partial charge on any atom is 0.0720 e. The third-order valence-electron chi connectivity index (χ3n) is 3.38. The summed E-state index contributed by atoms with van der Waals surface area (Å²) >= 11 is 0. The SMILES string of the molecule is c1ccc(COC2CCCCCCC2)cc1. The molecule has 0 N–H and O–H groups in total. The molecule has 1 aliphatic carbocycles. The summed E-state index contributed by atoms with van der Waals surface area (Å²) in [6, 6.07) is 10.5. The van der Waals surface area contributed by atoms with Crippen molar-refractivity contribution in [2.45, 2.75) is 57.7 Å². The molecule has 1 heteroatoms. The first-order valence-electron chi connectivity index (χ1n) is 6.61. The Morgan fingerprint density at radius 3 is 2.19 bits per heavy atom. The maximum absolute atomic E-state index is 6.00. The third kappa shape index (κ3) is 3.97. The van der Waals surface area contributed by atoms with Gasteiger partial charge in [-0.3, -0.25) is 0 Å². The Hall–Kier alpha value is -0.820. The molecule has 2 rings (SSSR count). The standard InChI is InChI=1S/C15H22O/c1-2-7-11-15(12-8-3-1)16-13-14-9-5-4-6-10-14/h4-6,9-10,15H,1-3,7-8,11-13H2. The normalized spacial score (nSPS) is 19.0. The van der Waals surface area contributed by atoms with Crippen molar-refractivity contribution in [3.63, 3.8) is 0 Å². The Bertz CT molecular complexity index is 273. The van der Waals surface area contributed by atoms with Crippen molar-refractivity contribution in [1.82, 2.24) is 0 Å². The van der Waals surface area contributed by atoms with Crippen molar-refractivity contribution in [1.29, 1.82) is 0 Å². The molecule has 0 atom stereocenters. The van der Waals surface area contributed by atoms with E-state index < -0.39 is 0 Å². The van der Waals surface area contributed by atoms with Gasteiger partial charge in [0.05, 0.1) is 12.7 Å². The zero-order valence-electron chi connectivity index (χ0n) is 10.0. The number of hydrogen-bond acceptors (Lipinski definition) is 1. The Morgan fingerprint density at radius 1 is 0.875 bits per heavy atom. The van der Waals surface area contributed by atoms with E-state index in [-0.39, 0.29) is 0 Å². The number of rotatable bonds is 3. The highest BCUT2D eigenvalue weighted by molar-refractivity contribution is 5.13. The van der Waals surface area contributed by atoms with Crippen LogP contribution in [0.2, 0.25) is 0 Å². The van der Waals surface area contributed by atoms with Gasteiger partial charge in [0.15, 0.2) is 0 Å². The smallest absolute Gasteiger partial charge is 0.0720 e. The number of ether oxygens (including phenoxy) is 1. The minimum absolute atomic E-state index is 0.500. The molecule has 16 heavy (non-hydrogen) atoms. The summed E-state index contributed by atoms with van der Waals surface area (Å²) in [7, 11) is 0. The minimum atomic E-state index is 0.500. The van der Waals surface area contributed by atoms with Crippen molar-refractivity contribution in [3.05, 3.63) is 35.9 Å². The van der Waals surface area contributed by atoms with Crippen LogP contribution in [0.15, 0.2) is 30.3 Å². The fraction of sp³-hybridized carbons (Fsp3) is 0.600. The average molecular weight is 218 g/mol. The van der Waals surface area contributed by atoms with E-state index in [0.29, 0.717) is 6.10 Å². The Morgan fingerprint density at radius 2 is 1.50 bits per heavy atom. The molecule has 0 spiro atoms. The van der Waals surface area contributed by atoms with E-state index in [0.717, 1.165) is 6.61 Å². The van der Waals surface area contributed by atoms with Crippen LogP contribution in [0.3, 0.4) is 0 Å². The molecule has 1 aromatic carbocycles. The Labute approximate surface area is 98.8 Å². The molecule has 0 aliphatic heterocycles. The quantitative estimate of drug-likeness (QED) is 0.734. The molecule has 1 aromatic rings. The fourth-order valence-electron chi connectivity index (χ4n) is 2.37. The molecule has 1 aliphatic rings. The zero-order chi connectivity index (χ0) is 11.1. The predicted octanol–water partition coefficient (Wildman–Crippen LogP) is 4.32. The highest BCUT2D eigenvalue weighted by atomic mass is 16.5. The van der Waals surface area contributed by atoms with Gasteiger partial charge in [-0.05, 0) is 18.4 Å². The lowest BCUT2D eigenvalue weighted by molar-refractivity contribution is 0.0237. The molecule has 1 saturated carbocycles. The Balaban J connectivity index is 1.75. The fourth-order valence-corrected chi connectivity index (χ4v) is 2.37. The van der Waals surface area contributed by atoms with Crippen LogP contribution in [-0.4, -0.2) is 6.10 Å². The molecule has 0 bridgehead atoms. The molecule has 0 aromatic heterocycles.